The Morgan fingerprint density at radius 3 is 2.62 bits per heavy atom. The highest BCUT2D eigenvalue weighted by molar-refractivity contribution is 7.13. The van der Waals surface area contributed by atoms with Crippen LogP contribution in [0.3, 0.4) is 0 Å². The van der Waals surface area contributed by atoms with Gasteiger partial charge in [-0.3, -0.25) is 0 Å². The zero-order chi connectivity index (χ0) is 15.2. The van der Waals surface area contributed by atoms with Crippen LogP contribution in [0.2, 0.25) is 0 Å². The van der Waals surface area contributed by atoms with Gasteiger partial charge in [0.25, 0.3) is 0 Å². The summed E-state index contributed by atoms with van der Waals surface area (Å²) in [5, 5.41) is 1.94. The van der Waals surface area contributed by atoms with E-state index in [0.717, 1.165) is 10.9 Å². The van der Waals surface area contributed by atoms with Crippen molar-refractivity contribution in [3.63, 3.8) is 0 Å². The first-order chi connectivity index (χ1) is 9.85. The smallest absolute Gasteiger partial charge is 0.161 e. The SMILES string of the molecule is CC(C)(N)Cn1c(-c2cccs2)nc2cc(F)c(F)cc21. The average Bonchev–Trinajstić information content (AvgIpc) is 2.98. The van der Waals surface area contributed by atoms with Gasteiger partial charge in [-0.15, -0.1) is 11.3 Å². The Balaban J connectivity index is 2.28. The molecule has 2 N–H and O–H groups in total. The van der Waals surface area contributed by atoms with Gasteiger partial charge in [-0.1, -0.05) is 6.07 Å². The molecule has 2 aromatic heterocycles. The molecule has 0 saturated carbocycles. The van der Waals surface area contributed by atoms with Gasteiger partial charge in [0.15, 0.2) is 17.5 Å². The highest BCUT2D eigenvalue weighted by Crippen LogP contribution is 2.30. The summed E-state index contributed by atoms with van der Waals surface area (Å²) in [5.41, 5.74) is 6.58. The quantitative estimate of drug-likeness (QED) is 0.800. The van der Waals surface area contributed by atoms with Crippen LogP contribution < -0.4 is 5.73 Å². The molecule has 3 nitrogen and oxygen atoms in total. The van der Waals surface area contributed by atoms with Crippen LogP contribution in [-0.2, 0) is 6.54 Å². The van der Waals surface area contributed by atoms with E-state index in [-0.39, 0.29) is 0 Å². The highest BCUT2D eigenvalue weighted by Gasteiger charge is 2.20. The average molecular weight is 307 g/mol. The molecule has 0 fully saturated rings. The van der Waals surface area contributed by atoms with Crippen LogP contribution in [0.5, 0.6) is 0 Å². The number of nitrogens with zero attached hydrogens (tertiary/aromatic N) is 2. The predicted octanol–water partition coefficient (Wildman–Crippen LogP) is 3.78. The minimum Gasteiger partial charge on any atom is -0.324 e. The highest BCUT2D eigenvalue weighted by atomic mass is 32.1. The third kappa shape index (κ3) is 2.69. The first-order valence-electron chi connectivity index (χ1n) is 6.53. The maximum Gasteiger partial charge on any atom is 0.161 e. The van der Waals surface area contributed by atoms with E-state index < -0.39 is 17.2 Å². The van der Waals surface area contributed by atoms with Gasteiger partial charge < -0.3 is 10.3 Å². The molecule has 21 heavy (non-hydrogen) atoms. The van der Waals surface area contributed by atoms with Crippen molar-refractivity contribution in [1.82, 2.24) is 9.55 Å². The number of imidazole rings is 1. The van der Waals surface area contributed by atoms with E-state index in [2.05, 4.69) is 4.98 Å². The van der Waals surface area contributed by atoms with E-state index in [9.17, 15) is 8.78 Å². The van der Waals surface area contributed by atoms with Gasteiger partial charge in [-0.25, -0.2) is 13.8 Å². The fourth-order valence-corrected chi connectivity index (χ4v) is 3.00. The van der Waals surface area contributed by atoms with E-state index in [1.54, 1.807) is 0 Å². The molecule has 110 valence electrons. The van der Waals surface area contributed by atoms with E-state index in [4.69, 9.17) is 5.73 Å². The first-order valence-corrected chi connectivity index (χ1v) is 7.41. The summed E-state index contributed by atoms with van der Waals surface area (Å²) < 4.78 is 28.8. The second-order valence-corrected chi connectivity index (χ2v) is 6.69. The van der Waals surface area contributed by atoms with Gasteiger partial charge in [-0.05, 0) is 25.3 Å². The maximum atomic E-state index is 13.6. The van der Waals surface area contributed by atoms with Crippen molar-refractivity contribution >= 4 is 22.4 Å². The van der Waals surface area contributed by atoms with Crippen molar-refractivity contribution in [3.05, 3.63) is 41.3 Å². The van der Waals surface area contributed by atoms with Crippen molar-refractivity contribution in [3.8, 4) is 10.7 Å². The number of benzene rings is 1. The van der Waals surface area contributed by atoms with Crippen LogP contribution in [-0.4, -0.2) is 15.1 Å². The van der Waals surface area contributed by atoms with Crippen molar-refractivity contribution in [1.29, 1.82) is 0 Å². The van der Waals surface area contributed by atoms with Crippen molar-refractivity contribution < 1.29 is 8.78 Å². The van der Waals surface area contributed by atoms with E-state index >= 15 is 0 Å². The van der Waals surface area contributed by atoms with Crippen LogP contribution in [0.25, 0.3) is 21.7 Å². The van der Waals surface area contributed by atoms with E-state index in [1.165, 1.54) is 17.4 Å². The van der Waals surface area contributed by atoms with Crippen LogP contribution in [0.15, 0.2) is 29.6 Å². The van der Waals surface area contributed by atoms with Crippen molar-refractivity contribution in [2.45, 2.75) is 25.9 Å². The molecule has 0 radical (unpaired) electrons. The standard InChI is InChI=1S/C15H15F2N3S/c1-15(2,18)8-20-12-7-10(17)9(16)6-11(12)19-14(20)13-4-3-5-21-13/h3-7H,8,18H2,1-2H3. The number of hydrogen-bond acceptors (Lipinski definition) is 3. The third-order valence-corrected chi connectivity index (χ3v) is 3.96. The molecule has 0 aliphatic carbocycles. The van der Waals surface area contributed by atoms with E-state index in [0.29, 0.717) is 23.4 Å². The number of aromatic nitrogens is 2. The van der Waals surface area contributed by atoms with Gasteiger partial charge in [0, 0.05) is 24.2 Å². The molecule has 0 aliphatic rings. The molecule has 3 rings (SSSR count). The number of halogens is 2. The third-order valence-electron chi connectivity index (χ3n) is 3.10. The second-order valence-electron chi connectivity index (χ2n) is 5.74. The monoisotopic (exact) mass is 307 g/mol. The van der Waals surface area contributed by atoms with Gasteiger partial charge >= 0.3 is 0 Å². The zero-order valence-corrected chi connectivity index (χ0v) is 12.5. The fourth-order valence-electron chi connectivity index (χ4n) is 2.28. The summed E-state index contributed by atoms with van der Waals surface area (Å²) in [7, 11) is 0. The number of fused-ring (bicyclic) bond motifs is 1. The molecule has 0 spiro atoms. The first kappa shape index (κ1) is 14.2. The topological polar surface area (TPSA) is 43.8 Å². The molecule has 0 amide bonds. The van der Waals surface area contributed by atoms with Crippen LogP contribution in [0, 0.1) is 11.6 Å². The maximum absolute atomic E-state index is 13.6. The van der Waals surface area contributed by atoms with E-state index in [1.807, 2.05) is 35.9 Å². The summed E-state index contributed by atoms with van der Waals surface area (Å²) in [6.45, 7) is 4.23. The number of thiophene rings is 1. The van der Waals surface area contributed by atoms with Crippen molar-refractivity contribution in [2.24, 2.45) is 5.73 Å². The lowest BCUT2D eigenvalue weighted by Gasteiger charge is -2.21. The normalized spacial score (nSPS) is 12.2. The Labute approximate surface area is 125 Å². The van der Waals surface area contributed by atoms with Gasteiger partial charge in [-0.2, -0.15) is 0 Å². The second kappa shape index (κ2) is 4.89. The Hall–Kier alpha value is -1.79. The summed E-state index contributed by atoms with van der Waals surface area (Å²) in [4.78, 5) is 5.39. The summed E-state index contributed by atoms with van der Waals surface area (Å²) in [6.07, 6.45) is 0. The molecule has 1 aromatic carbocycles. The fraction of sp³-hybridized carbons (Fsp3) is 0.267. The zero-order valence-electron chi connectivity index (χ0n) is 11.7. The Bertz CT molecular complexity index is 785. The summed E-state index contributed by atoms with van der Waals surface area (Å²) in [6, 6.07) is 6.15. The number of hydrogen-bond donors (Lipinski definition) is 1. The van der Waals surface area contributed by atoms with Gasteiger partial charge in [0.1, 0.15) is 0 Å². The molecule has 0 saturated heterocycles. The van der Waals surface area contributed by atoms with Crippen LogP contribution in [0.1, 0.15) is 13.8 Å². The molecular weight excluding hydrogens is 292 g/mol. The molecule has 0 bridgehead atoms. The van der Waals surface area contributed by atoms with Gasteiger partial charge in [0.05, 0.1) is 15.9 Å². The molecule has 0 atom stereocenters. The molecule has 0 aliphatic heterocycles. The number of nitrogens with two attached hydrogens (primary N) is 1. The molecule has 0 unspecified atom stereocenters. The molecule has 6 heteroatoms. The van der Waals surface area contributed by atoms with Crippen LogP contribution in [0.4, 0.5) is 8.78 Å². The molecule has 2 heterocycles. The number of rotatable bonds is 3. The predicted molar refractivity (Wildman–Crippen MR) is 81.2 cm³/mol. The lowest BCUT2D eigenvalue weighted by atomic mass is 10.1. The Morgan fingerprint density at radius 2 is 2.00 bits per heavy atom. The van der Waals surface area contributed by atoms with Crippen LogP contribution >= 0.6 is 11.3 Å². The molecule has 3 aromatic rings. The largest absolute Gasteiger partial charge is 0.324 e. The summed E-state index contributed by atoms with van der Waals surface area (Å²) >= 11 is 1.53. The molecular formula is C15H15F2N3S. The minimum absolute atomic E-state index is 0.432. The lowest BCUT2D eigenvalue weighted by molar-refractivity contribution is 0.442. The Kier molecular flexibility index (Phi) is 3.30. The lowest BCUT2D eigenvalue weighted by Crippen LogP contribution is -2.37. The van der Waals surface area contributed by atoms with Crippen molar-refractivity contribution in [2.75, 3.05) is 0 Å². The minimum atomic E-state index is -0.892. The summed E-state index contributed by atoms with van der Waals surface area (Å²) in [5.74, 6) is -1.09. The van der Waals surface area contributed by atoms with Gasteiger partial charge in [0.2, 0.25) is 0 Å². The Morgan fingerprint density at radius 1 is 1.29 bits per heavy atom.